The highest BCUT2D eigenvalue weighted by Crippen LogP contribution is 2.37. The molecule has 4 rings (SSSR count). The van der Waals surface area contributed by atoms with E-state index in [0.29, 0.717) is 44.5 Å². The Morgan fingerprint density at radius 1 is 1.03 bits per heavy atom. The van der Waals surface area contributed by atoms with Gasteiger partial charge in [0.15, 0.2) is 0 Å². The van der Waals surface area contributed by atoms with Gasteiger partial charge in [-0.3, -0.25) is 14.6 Å². The van der Waals surface area contributed by atoms with Crippen molar-refractivity contribution in [3.63, 3.8) is 0 Å². The van der Waals surface area contributed by atoms with Crippen LogP contribution in [0.1, 0.15) is 28.8 Å². The molecular weight excluding hydrogens is 414 g/mol. The standard InChI is InChI=1S/C26H27N5O2/c1-2-10-30-25(33)26(8-12-31(13-9-26)24(32)22-7-4-11-27-16-22)15-20-5-3-6-21(14-20)23-17-28-19-29-18-23/h2-7,11,14,16-19H,1,8-10,12-13,15H2,(H,30,33). The molecule has 0 unspecified atom stereocenters. The molecule has 33 heavy (non-hydrogen) atoms. The highest BCUT2D eigenvalue weighted by Gasteiger charge is 2.42. The van der Waals surface area contributed by atoms with Crippen molar-refractivity contribution in [2.24, 2.45) is 5.41 Å². The number of carbonyl (C=O) groups excluding carboxylic acids is 2. The second-order valence-corrected chi connectivity index (χ2v) is 8.32. The van der Waals surface area contributed by atoms with Gasteiger partial charge in [-0.2, -0.15) is 0 Å². The van der Waals surface area contributed by atoms with E-state index in [1.807, 2.05) is 23.1 Å². The normalized spacial score (nSPS) is 15.0. The van der Waals surface area contributed by atoms with Crippen LogP contribution in [0.4, 0.5) is 0 Å². The third-order valence-electron chi connectivity index (χ3n) is 6.17. The van der Waals surface area contributed by atoms with Gasteiger partial charge in [0.05, 0.1) is 11.0 Å². The number of piperidine rings is 1. The summed E-state index contributed by atoms with van der Waals surface area (Å²) in [7, 11) is 0. The molecule has 0 atom stereocenters. The third kappa shape index (κ3) is 5.14. The summed E-state index contributed by atoms with van der Waals surface area (Å²) in [5.41, 5.74) is 2.98. The molecule has 168 valence electrons. The van der Waals surface area contributed by atoms with Crippen molar-refractivity contribution in [3.05, 3.63) is 91.3 Å². The summed E-state index contributed by atoms with van der Waals surface area (Å²) in [6, 6.07) is 11.7. The lowest BCUT2D eigenvalue weighted by atomic mass is 9.72. The fourth-order valence-corrected chi connectivity index (χ4v) is 4.35. The van der Waals surface area contributed by atoms with E-state index < -0.39 is 5.41 Å². The van der Waals surface area contributed by atoms with E-state index in [2.05, 4.69) is 32.9 Å². The Labute approximate surface area is 193 Å². The van der Waals surface area contributed by atoms with E-state index in [9.17, 15) is 9.59 Å². The highest BCUT2D eigenvalue weighted by atomic mass is 16.2. The number of nitrogens with zero attached hydrogens (tertiary/aromatic N) is 4. The molecule has 2 aromatic heterocycles. The van der Waals surface area contributed by atoms with Crippen molar-refractivity contribution in [1.29, 1.82) is 0 Å². The van der Waals surface area contributed by atoms with E-state index in [4.69, 9.17) is 0 Å². The maximum Gasteiger partial charge on any atom is 0.255 e. The van der Waals surface area contributed by atoms with Crippen molar-refractivity contribution in [3.8, 4) is 11.1 Å². The van der Waals surface area contributed by atoms with Crippen LogP contribution < -0.4 is 5.32 Å². The molecule has 0 spiro atoms. The zero-order chi connectivity index (χ0) is 23.1. The largest absolute Gasteiger partial charge is 0.352 e. The van der Waals surface area contributed by atoms with E-state index >= 15 is 0 Å². The average Bonchev–Trinajstić information content (AvgIpc) is 2.88. The molecule has 3 heterocycles. The summed E-state index contributed by atoms with van der Waals surface area (Å²) < 4.78 is 0. The molecule has 0 saturated carbocycles. The molecule has 2 amide bonds. The number of likely N-dealkylation sites (tertiary alicyclic amines) is 1. The van der Waals surface area contributed by atoms with Crippen molar-refractivity contribution >= 4 is 11.8 Å². The fourth-order valence-electron chi connectivity index (χ4n) is 4.35. The number of benzene rings is 1. The zero-order valence-electron chi connectivity index (χ0n) is 18.5. The third-order valence-corrected chi connectivity index (χ3v) is 6.17. The number of nitrogens with one attached hydrogen (secondary N) is 1. The van der Waals surface area contributed by atoms with Gasteiger partial charge in [0.1, 0.15) is 6.33 Å². The molecule has 0 radical (unpaired) electrons. The SMILES string of the molecule is C=CCNC(=O)C1(Cc2cccc(-c3cncnc3)c2)CCN(C(=O)c2cccnc2)CC1. The van der Waals surface area contributed by atoms with Crippen LogP contribution in [0.3, 0.4) is 0 Å². The molecule has 7 nitrogen and oxygen atoms in total. The van der Waals surface area contributed by atoms with E-state index in [0.717, 1.165) is 16.7 Å². The number of carbonyl (C=O) groups is 2. The van der Waals surface area contributed by atoms with Gasteiger partial charge in [0, 0.05) is 50.0 Å². The second kappa shape index (κ2) is 10.2. The van der Waals surface area contributed by atoms with Gasteiger partial charge >= 0.3 is 0 Å². The second-order valence-electron chi connectivity index (χ2n) is 8.32. The lowest BCUT2D eigenvalue weighted by Crippen LogP contribution is -2.51. The minimum absolute atomic E-state index is 0.00400. The maximum atomic E-state index is 13.3. The molecule has 3 aromatic rings. The van der Waals surface area contributed by atoms with Gasteiger partial charge in [-0.05, 0) is 42.5 Å². The molecule has 0 aliphatic carbocycles. The quantitative estimate of drug-likeness (QED) is 0.569. The van der Waals surface area contributed by atoms with Gasteiger partial charge in [-0.25, -0.2) is 9.97 Å². The number of rotatable bonds is 7. The predicted octanol–water partition coefficient (Wildman–Crippen LogP) is 3.31. The van der Waals surface area contributed by atoms with Crippen LogP contribution in [-0.2, 0) is 11.2 Å². The van der Waals surface area contributed by atoms with Gasteiger partial charge in [-0.15, -0.1) is 6.58 Å². The van der Waals surface area contributed by atoms with Gasteiger partial charge < -0.3 is 10.2 Å². The van der Waals surface area contributed by atoms with Gasteiger partial charge in [0.2, 0.25) is 5.91 Å². The Kier molecular flexibility index (Phi) is 6.88. The lowest BCUT2D eigenvalue weighted by Gasteiger charge is -2.41. The fraction of sp³-hybridized carbons (Fsp3) is 0.269. The summed E-state index contributed by atoms with van der Waals surface area (Å²) in [4.78, 5) is 40.2. The van der Waals surface area contributed by atoms with Crippen LogP contribution in [0.5, 0.6) is 0 Å². The molecule has 1 aromatic carbocycles. The lowest BCUT2D eigenvalue weighted by molar-refractivity contribution is -0.133. The Bertz CT molecular complexity index is 1110. The first-order chi connectivity index (χ1) is 16.1. The van der Waals surface area contributed by atoms with Crippen LogP contribution in [0, 0.1) is 5.41 Å². The first kappa shape index (κ1) is 22.3. The zero-order valence-corrected chi connectivity index (χ0v) is 18.5. The Morgan fingerprint density at radius 3 is 2.52 bits per heavy atom. The monoisotopic (exact) mass is 441 g/mol. The Hall–Kier alpha value is -3.87. The molecular formula is C26H27N5O2. The van der Waals surface area contributed by atoms with Crippen molar-refractivity contribution in [2.45, 2.75) is 19.3 Å². The van der Waals surface area contributed by atoms with Crippen molar-refractivity contribution < 1.29 is 9.59 Å². The van der Waals surface area contributed by atoms with Crippen LogP contribution in [0.2, 0.25) is 0 Å². The number of amides is 2. The van der Waals surface area contributed by atoms with Gasteiger partial charge in [0.25, 0.3) is 5.91 Å². The van der Waals surface area contributed by atoms with E-state index in [1.165, 1.54) is 6.33 Å². The Morgan fingerprint density at radius 2 is 1.82 bits per heavy atom. The minimum Gasteiger partial charge on any atom is -0.352 e. The van der Waals surface area contributed by atoms with E-state index in [1.54, 1.807) is 43.0 Å². The highest BCUT2D eigenvalue weighted by molar-refractivity contribution is 5.94. The van der Waals surface area contributed by atoms with E-state index in [-0.39, 0.29) is 11.8 Å². The first-order valence-corrected chi connectivity index (χ1v) is 11.0. The number of aromatic nitrogens is 3. The summed E-state index contributed by atoms with van der Waals surface area (Å²) >= 11 is 0. The number of hydrogen-bond acceptors (Lipinski definition) is 5. The molecule has 7 heteroatoms. The molecule has 1 N–H and O–H groups in total. The van der Waals surface area contributed by atoms with Crippen LogP contribution in [0.15, 0.2) is 80.2 Å². The summed E-state index contributed by atoms with van der Waals surface area (Å²) in [5, 5.41) is 2.99. The molecule has 1 aliphatic rings. The summed E-state index contributed by atoms with van der Waals surface area (Å²) in [5.74, 6) is -0.0430. The molecule has 1 saturated heterocycles. The molecule has 1 fully saturated rings. The topological polar surface area (TPSA) is 88.1 Å². The molecule has 1 aliphatic heterocycles. The minimum atomic E-state index is -0.597. The number of pyridine rings is 1. The summed E-state index contributed by atoms with van der Waals surface area (Å²) in [6.45, 7) is 5.16. The smallest absolute Gasteiger partial charge is 0.255 e. The number of hydrogen-bond donors (Lipinski definition) is 1. The van der Waals surface area contributed by atoms with Gasteiger partial charge in [-0.1, -0.05) is 30.3 Å². The first-order valence-electron chi connectivity index (χ1n) is 11.0. The van der Waals surface area contributed by atoms with Crippen LogP contribution in [0.25, 0.3) is 11.1 Å². The van der Waals surface area contributed by atoms with Crippen LogP contribution in [-0.4, -0.2) is 51.3 Å². The molecule has 0 bridgehead atoms. The Balaban J connectivity index is 1.54. The maximum absolute atomic E-state index is 13.3. The van der Waals surface area contributed by atoms with Crippen molar-refractivity contribution in [1.82, 2.24) is 25.2 Å². The predicted molar refractivity (Wildman–Crippen MR) is 126 cm³/mol. The van der Waals surface area contributed by atoms with Crippen LogP contribution >= 0.6 is 0 Å². The summed E-state index contributed by atoms with van der Waals surface area (Å²) in [6.07, 6.45) is 11.7. The van der Waals surface area contributed by atoms with Crippen molar-refractivity contribution in [2.75, 3.05) is 19.6 Å². The average molecular weight is 442 g/mol.